The number of thioether (sulfide) groups is 1. The average molecular weight is 306 g/mol. The SMILES string of the molecule is C=CCC(SC(=S)N1CCN(C)CC1)c1ccccc1. The van der Waals surface area contributed by atoms with E-state index in [2.05, 4.69) is 53.8 Å². The van der Waals surface area contributed by atoms with Gasteiger partial charge in [-0.2, -0.15) is 0 Å². The first-order valence-corrected chi connectivity index (χ1v) is 8.29. The molecule has 1 unspecified atom stereocenters. The van der Waals surface area contributed by atoms with Crippen LogP contribution in [0.2, 0.25) is 0 Å². The summed E-state index contributed by atoms with van der Waals surface area (Å²) < 4.78 is 1.02. The highest BCUT2D eigenvalue weighted by molar-refractivity contribution is 8.23. The standard InChI is InChI=1S/C16H22N2S2/c1-3-7-15(14-8-5-4-6-9-14)20-16(19)18-12-10-17(2)11-13-18/h3-6,8-9,15H,1,7,10-13H2,2H3. The van der Waals surface area contributed by atoms with Gasteiger partial charge in [0.15, 0.2) is 0 Å². The second kappa shape index (κ2) is 7.81. The Kier molecular flexibility index (Phi) is 6.07. The summed E-state index contributed by atoms with van der Waals surface area (Å²) in [5, 5.41) is 0.376. The zero-order valence-electron chi connectivity index (χ0n) is 12.0. The maximum Gasteiger partial charge on any atom is 0.137 e. The van der Waals surface area contributed by atoms with Crippen molar-refractivity contribution in [2.45, 2.75) is 11.7 Å². The third kappa shape index (κ3) is 4.33. The van der Waals surface area contributed by atoms with Crippen molar-refractivity contribution in [2.24, 2.45) is 0 Å². The molecule has 2 rings (SSSR count). The third-order valence-electron chi connectivity index (χ3n) is 3.56. The molecule has 108 valence electrons. The lowest BCUT2D eigenvalue weighted by Gasteiger charge is -2.34. The van der Waals surface area contributed by atoms with E-state index in [4.69, 9.17) is 12.2 Å². The Morgan fingerprint density at radius 2 is 1.95 bits per heavy atom. The van der Waals surface area contributed by atoms with E-state index in [1.165, 1.54) is 5.56 Å². The van der Waals surface area contributed by atoms with Crippen LogP contribution in [0.1, 0.15) is 17.2 Å². The molecule has 0 bridgehead atoms. The first kappa shape index (κ1) is 15.5. The lowest BCUT2D eigenvalue weighted by atomic mass is 10.1. The van der Waals surface area contributed by atoms with Gasteiger partial charge >= 0.3 is 0 Å². The Bertz CT molecular complexity index is 439. The van der Waals surface area contributed by atoms with E-state index in [1.54, 1.807) is 11.8 Å². The zero-order chi connectivity index (χ0) is 14.4. The van der Waals surface area contributed by atoms with Crippen LogP contribution in [0.4, 0.5) is 0 Å². The molecule has 2 nitrogen and oxygen atoms in total. The van der Waals surface area contributed by atoms with Crippen LogP contribution in [0.5, 0.6) is 0 Å². The van der Waals surface area contributed by atoms with Crippen LogP contribution in [0, 0.1) is 0 Å². The molecule has 20 heavy (non-hydrogen) atoms. The lowest BCUT2D eigenvalue weighted by Crippen LogP contribution is -2.45. The van der Waals surface area contributed by atoms with Gasteiger partial charge in [0.1, 0.15) is 4.32 Å². The van der Waals surface area contributed by atoms with Crippen LogP contribution >= 0.6 is 24.0 Å². The van der Waals surface area contributed by atoms with Crippen LogP contribution in [0.3, 0.4) is 0 Å². The maximum atomic E-state index is 5.64. The number of hydrogen-bond donors (Lipinski definition) is 0. The van der Waals surface area contributed by atoms with E-state index < -0.39 is 0 Å². The number of benzene rings is 1. The maximum absolute atomic E-state index is 5.64. The number of rotatable bonds is 4. The molecule has 1 aliphatic rings. The highest BCUT2D eigenvalue weighted by Gasteiger charge is 2.20. The van der Waals surface area contributed by atoms with Crippen LogP contribution in [0.25, 0.3) is 0 Å². The molecule has 0 amide bonds. The molecule has 4 heteroatoms. The van der Waals surface area contributed by atoms with E-state index >= 15 is 0 Å². The fourth-order valence-electron chi connectivity index (χ4n) is 2.26. The van der Waals surface area contributed by atoms with Gasteiger partial charge < -0.3 is 9.80 Å². The molecule has 0 spiro atoms. The molecular formula is C16H22N2S2. The Labute approximate surface area is 131 Å². The van der Waals surface area contributed by atoms with Crippen molar-refractivity contribution in [3.05, 3.63) is 48.6 Å². The highest BCUT2D eigenvalue weighted by Crippen LogP contribution is 2.34. The normalized spacial score (nSPS) is 17.8. The summed E-state index contributed by atoms with van der Waals surface area (Å²) in [6.45, 7) is 8.15. The van der Waals surface area contributed by atoms with Gasteiger partial charge in [0.25, 0.3) is 0 Å². The summed E-state index contributed by atoms with van der Waals surface area (Å²) in [5.74, 6) is 0. The molecule has 1 atom stereocenters. The first-order chi connectivity index (χ1) is 9.70. The second-order valence-corrected chi connectivity index (χ2v) is 6.93. The van der Waals surface area contributed by atoms with Gasteiger partial charge in [-0.3, -0.25) is 0 Å². The minimum absolute atomic E-state index is 0.376. The van der Waals surface area contributed by atoms with Crippen LogP contribution in [-0.2, 0) is 0 Å². The second-order valence-electron chi connectivity index (χ2n) is 5.10. The van der Waals surface area contributed by atoms with Gasteiger partial charge in [-0.15, -0.1) is 6.58 Å². The minimum Gasteiger partial charge on any atom is -0.355 e. The van der Waals surface area contributed by atoms with Crippen molar-refractivity contribution in [1.29, 1.82) is 0 Å². The fraction of sp³-hybridized carbons (Fsp3) is 0.438. The largest absolute Gasteiger partial charge is 0.355 e. The Morgan fingerprint density at radius 1 is 1.30 bits per heavy atom. The monoisotopic (exact) mass is 306 g/mol. The highest BCUT2D eigenvalue weighted by atomic mass is 32.2. The van der Waals surface area contributed by atoms with Gasteiger partial charge in [-0.25, -0.2) is 0 Å². The quantitative estimate of drug-likeness (QED) is 0.619. The van der Waals surface area contributed by atoms with Crippen molar-refractivity contribution in [2.75, 3.05) is 33.2 Å². The predicted molar refractivity (Wildman–Crippen MR) is 93.3 cm³/mol. The summed E-state index contributed by atoms with van der Waals surface area (Å²) in [6, 6.07) is 10.6. The molecule has 0 N–H and O–H groups in total. The van der Waals surface area contributed by atoms with Crippen molar-refractivity contribution in [3.8, 4) is 0 Å². The molecule has 0 saturated carbocycles. The zero-order valence-corrected chi connectivity index (χ0v) is 13.6. The smallest absolute Gasteiger partial charge is 0.137 e. The molecule has 0 aliphatic carbocycles. The van der Waals surface area contributed by atoms with Gasteiger partial charge in [-0.05, 0) is 19.0 Å². The van der Waals surface area contributed by atoms with Crippen LogP contribution < -0.4 is 0 Å². The van der Waals surface area contributed by atoms with E-state index in [0.29, 0.717) is 5.25 Å². The van der Waals surface area contributed by atoms with E-state index in [9.17, 15) is 0 Å². The lowest BCUT2D eigenvalue weighted by molar-refractivity contribution is 0.220. The van der Waals surface area contributed by atoms with Crippen molar-refractivity contribution >= 4 is 28.3 Å². The van der Waals surface area contributed by atoms with E-state index in [1.807, 2.05) is 6.08 Å². The molecule has 1 aliphatic heterocycles. The van der Waals surface area contributed by atoms with Crippen molar-refractivity contribution in [3.63, 3.8) is 0 Å². The van der Waals surface area contributed by atoms with Crippen molar-refractivity contribution < 1.29 is 0 Å². The number of nitrogens with zero attached hydrogens (tertiary/aromatic N) is 2. The number of allylic oxidation sites excluding steroid dienone is 1. The van der Waals surface area contributed by atoms with Gasteiger partial charge in [0.2, 0.25) is 0 Å². The third-order valence-corrected chi connectivity index (χ3v) is 5.31. The number of hydrogen-bond acceptors (Lipinski definition) is 3. The molecule has 1 heterocycles. The van der Waals surface area contributed by atoms with Gasteiger partial charge in [0, 0.05) is 31.4 Å². The topological polar surface area (TPSA) is 6.48 Å². The first-order valence-electron chi connectivity index (χ1n) is 7.00. The predicted octanol–water partition coefficient (Wildman–Crippen LogP) is 3.57. The van der Waals surface area contributed by atoms with Crippen LogP contribution in [0.15, 0.2) is 43.0 Å². The number of thiocarbonyl (C=S) groups is 1. The summed E-state index contributed by atoms with van der Waals surface area (Å²) in [6.07, 6.45) is 2.93. The summed E-state index contributed by atoms with van der Waals surface area (Å²) >= 11 is 7.44. The Hall–Kier alpha value is -0.840. The fourth-order valence-corrected chi connectivity index (χ4v) is 3.89. The minimum atomic E-state index is 0.376. The average Bonchev–Trinajstić information content (AvgIpc) is 2.48. The summed E-state index contributed by atoms with van der Waals surface area (Å²) in [7, 11) is 2.16. The molecule has 0 aromatic heterocycles. The molecule has 1 aromatic rings. The van der Waals surface area contributed by atoms with Crippen molar-refractivity contribution in [1.82, 2.24) is 9.80 Å². The molecule has 1 aromatic carbocycles. The summed E-state index contributed by atoms with van der Waals surface area (Å²) in [4.78, 5) is 4.68. The number of likely N-dealkylation sites (N-methyl/N-ethyl adjacent to an activating group) is 1. The molecule has 1 saturated heterocycles. The van der Waals surface area contributed by atoms with Gasteiger partial charge in [0.05, 0.1) is 0 Å². The van der Waals surface area contributed by atoms with E-state index in [0.717, 1.165) is 36.9 Å². The Balaban J connectivity index is 1.97. The van der Waals surface area contributed by atoms with Gasteiger partial charge in [-0.1, -0.05) is 60.4 Å². The van der Waals surface area contributed by atoms with E-state index in [-0.39, 0.29) is 0 Å². The Morgan fingerprint density at radius 3 is 2.55 bits per heavy atom. The molecule has 0 radical (unpaired) electrons. The number of piperazine rings is 1. The van der Waals surface area contributed by atoms with Crippen LogP contribution in [-0.4, -0.2) is 47.3 Å². The molecular weight excluding hydrogens is 284 g/mol. The summed E-state index contributed by atoms with van der Waals surface area (Å²) in [5.41, 5.74) is 1.33. The molecule has 1 fully saturated rings.